The Morgan fingerprint density at radius 1 is 0.349 bits per heavy atom. The van der Waals surface area contributed by atoms with Crippen LogP contribution in [-0.4, -0.2) is 9.97 Å². The van der Waals surface area contributed by atoms with Crippen LogP contribution in [0.1, 0.15) is 23.6 Å². The van der Waals surface area contributed by atoms with Crippen LogP contribution in [0.2, 0.25) is 0 Å². The first kappa shape index (κ1) is 37.1. The van der Waals surface area contributed by atoms with Crippen LogP contribution in [-0.2, 0) is 5.41 Å². The number of thiophene rings is 1. The molecule has 2 aromatic heterocycles. The Morgan fingerprint density at radius 2 is 0.905 bits per heavy atom. The SMILES string of the molecule is CC1(c2ccccc2)c2ccccc2-c2ccc(-c3ccc(-c4cc(-c5cc(-c6ccccc6)nc(-c6ccccc6)n5)cc(-c5cccc6c5sc5ccccc56)c4)cc3)cc21. The summed E-state index contributed by atoms with van der Waals surface area (Å²) in [5, 5.41) is 2.58. The van der Waals surface area contributed by atoms with Gasteiger partial charge in [0.15, 0.2) is 5.82 Å². The van der Waals surface area contributed by atoms with Crippen LogP contribution in [0.4, 0.5) is 0 Å². The number of hydrogen-bond donors (Lipinski definition) is 0. The van der Waals surface area contributed by atoms with Gasteiger partial charge in [0.25, 0.3) is 0 Å². The summed E-state index contributed by atoms with van der Waals surface area (Å²) in [5.41, 5.74) is 18.3. The minimum atomic E-state index is -0.251. The Kier molecular flexibility index (Phi) is 8.84. The Bertz CT molecular complexity index is 3440. The fourth-order valence-electron chi connectivity index (χ4n) is 9.75. The fraction of sp³-hybridized carbons (Fsp3) is 0.0333. The van der Waals surface area contributed by atoms with Gasteiger partial charge in [-0.15, -0.1) is 11.3 Å². The van der Waals surface area contributed by atoms with Gasteiger partial charge in [0, 0.05) is 42.3 Å². The molecule has 3 heteroatoms. The lowest BCUT2D eigenvalue weighted by Gasteiger charge is -2.28. The highest BCUT2D eigenvalue weighted by atomic mass is 32.1. The van der Waals surface area contributed by atoms with Gasteiger partial charge in [0.05, 0.1) is 11.4 Å². The number of hydrogen-bond acceptors (Lipinski definition) is 3. The average Bonchev–Trinajstić information content (AvgIpc) is 3.87. The molecule has 1 unspecified atom stereocenters. The Morgan fingerprint density at radius 3 is 1.68 bits per heavy atom. The minimum absolute atomic E-state index is 0.251. The molecule has 11 aromatic rings. The van der Waals surface area contributed by atoms with Crippen LogP contribution in [0, 0.1) is 0 Å². The van der Waals surface area contributed by atoms with Crippen LogP contribution in [0.15, 0.2) is 224 Å². The molecule has 0 saturated heterocycles. The first-order chi connectivity index (χ1) is 31.1. The maximum absolute atomic E-state index is 5.29. The van der Waals surface area contributed by atoms with E-state index in [2.05, 4.69) is 207 Å². The third-order valence-corrected chi connectivity index (χ3v) is 14.2. The molecule has 2 heterocycles. The normalized spacial score (nSPS) is 14.2. The summed E-state index contributed by atoms with van der Waals surface area (Å²) in [6, 6.07) is 81.3. The summed E-state index contributed by atoms with van der Waals surface area (Å²) in [6.45, 7) is 2.38. The van der Waals surface area contributed by atoms with E-state index in [-0.39, 0.29) is 5.41 Å². The van der Waals surface area contributed by atoms with Crippen molar-refractivity contribution in [1.82, 2.24) is 9.97 Å². The molecule has 63 heavy (non-hydrogen) atoms. The van der Waals surface area contributed by atoms with Gasteiger partial charge in [-0.1, -0.05) is 188 Å². The molecule has 1 aliphatic carbocycles. The Labute approximate surface area is 371 Å². The predicted octanol–water partition coefficient (Wildman–Crippen LogP) is 16.2. The van der Waals surface area contributed by atoms with Gasteiger partial charge in [-0.3, -0.25) is 0 Å². The molecule has 0 amide bonds. The predicted molar refractivity (Wildman–Crippen MR) is 265 cm³/mol. The van der Waals surface area contributed by atoms with E-state index in [0.717, 1.165) is 44.8 Å². The first-order valence-corrected chi connectivity index (χ1v) is 22.4. The number of benzene rings is 9. The molecule has 0 N–H and O–H groups in total. The van der Waals surface area contributed by atoms with Crippen molar-refractivity contribution < 1.29 is 0 Å². The molecule has 12 rings (SSSR count). The van der Waals surface area contributed by atoms with Crippen molar-refractivity contribution in [2.24, 2.45) is 0 Å². The maximum atomic E-state index is 5.29. The van der Waals surface area contributed by atoms with E-state index >= 15 is 0 Å². The minimum Gasteiger partial charge on any atom is -0.228 e. The van der Waals surface area contributed by atoms with Gasteiger partial charge in [-0.2, -0.15) is 0 Å². The summed E-state index contributed by atoms with van der Waals surface area (Å²) < 4.78 is 2.58. The molecule has 0 spiro atoms. The second-order valence-electron chi connectivity index (χ2n) is 16.6. The largest absolute Gasteiger partial charge is 0.228 e. The zero-order chi connectivity index (χ0) is 41.9. The monoisotopic (exact) mass is 820 g/mol. The Hall–Kier alpha value is -7.72. The third kappa shape index (κ3) is 6.31. The standard InChI is InChI=1S/C60H40N2S/c1-60(47-20-9-4-10-21-47)53-26-13-11-22-49(53)50-33-32-43(37-54(50)60)39-28-30-40(31-29-39)44-34-45(48-24-15-25-52-51-23-12-14-27-57(51)63-58(48)52)36-46(35-44)56-38-55(41-16-5-2-6-17-41)61-59(62-56)42-18-7-3-8-19-42/h2-38H,1H3. The topological polar surface area (TPSA) is 25.8 Å². The van der Waals surface area contributed by atoms with Crippen molar-refractivity contribution in [3.05, 3.63) is 241 Å². The second-order valence-corrected chi connectivity index (χ2v) is 17.7. The van der Waals surface area contributed by atoms with Crippen LogP contribution in [0.5, 0.6) is 0 Å². The zero-order valence-electron chi connectivity index (χ0n) is 34.7. The van der Waals surface area contributed by atoms with E-state index < -0.39 is 0 Å². The van der Waals surface area contributed by atoms with Gasteiger partial charge >= 0.3 is 0 Å². The highest BCUT2D eigenvalue weighted by molar-refractivity contribution is 7.26. The number of nitrogens with zero attached hydrogens (tertiary/aromatic N) is 2. The van der Waals surface area contributed by atoms with Crippen molar-refractivity contribution in [2.75, 3.05) is 0 Å². The maximum Gasteiger partial charge on any atom is 0.160 e. The quantitative estimate of drug-likeness (QED) is 0.160. The van der Waals surface area contributed by atoms with E-state index in [1.807, 2.05) is 35.6 Å². The van der Waals surface area contributed by atoms with Crippen molar-refractivity contribution in [2.45, 2.75) is 12.3 Å². The zero-order valence-corrected chi connectivity index (χ0v) is 35.5. The molecule has 1 atom stereocenters. The van der Waals surface area contributed by atoms with E-state index in [9.17, 15) is 0 Å². The molecule has 0 aliphatic heterocycles. The Balaban J connectivity index is 1.01. The molecule has 0 bridgehead atoms. The summed E-state index contributed by atoms with van der Waals surface area (Å²) in [4.78, 5) is 10.4. The number of rotatable bonds is 7. The lowest BCUT2D eigenvalue weighted by molar-refractivity contribution is 0.714. The van der Waals surface area contributed by atoms with Crippen molar-refractivity contribution >= 4 is 31.5 Å². The van der Waals surface area contributed by atoms with Gasteiger partial charge in [0.2, 0.25) is 0 Å². The van der Waals surface area contributed by atoms with Crippen LogP contribution in [0.25, 0.3) is 98.6 Å². The van der Waals surface area contributed by atoms with Gasteiger partial charge in [-0.05, 0) is 105 Å². The molecular weight excluding hydrogens is 781 g/mol. The first-order valence-electron chi connectivity index (χ1n) is 21.6. The fourth-order valence-corrected chi connectivity index (χ4v) is 11.0. The van der Waals surface area contributed by atoms with Gasteiger partial charge < -0.3 is 0 Å². The summed E-state index contributed by atoms with van der Waals surface area (Å²) >= 11 is 1.86. The van der Waals surface area contributed by atoms with E-state index in [0.29, 0.717) is 5.82 Å². The average molecular weight is 821 g/mol. The smallest absolute Gasteiger partial charge is 0.160 e. The van der Waals surface area contributed by atoms with E-state index in [1.54, 1.807) is 0 Å². The van der Waals surface area contributed by atoms with Gasteiger partial charge in [-0.25, -0.2) is 9.97 Å². The molecule has 0 fully saturated rings. The number of fused-ring (bicyclic) bond motifs is 6. The summed E-state index contributed by atoms with van der Waals surface area (Å²) in [7, 11) is 0. The van der Waals surface area contributed by atoms with Gasteiger partial charge in [0.1, 0.15) is 0 Å². The van der Waals surface area contributed by atoms with Crippen molar-refractivity contribution in [1.29, 1.82) is 0 Å². The molecule has 0 radical (unpaired) electrons. The van der Waals surface area contributed by atoms with Crippen molar-refractivity contribution in [3.8, 4) is 78.4 Å². The molecule has 0 saturated carbocycles. The van der Waals surface area contributed by atoms with E-state index in [4.69, 9.17) is 9.97 Å². The molecule has 1 aliphatic rings. The molecule has 2 nitrogen and oxygen atoms in total. The lowest BCUT2D eigenvalue weighted by Crippen LogP contribution is -2.22. The lowest BCUT2D eigenvalue weighted by atomic mass is 9.74. The number of aromatic nitrogens is 2. The van der Waals surface area contributed by atoms with Crippen LogP contribution >= 0.6 is 11.3 Å². The highest BCUT2D eigenvalue weighted by Crippen LogP contribution is 2.53. The summed E-state index contributed by atoms with van der Waals surface area (Å²) in [5.74, 6) is 0.704. The molecule has 9 aromatic carbocycles. The molecular formula is C60H40N2S. The van der Waals surface area contributed by atoms with Crippen LogP contribution in [0.3, 0.4) is 0 Å². The van der Waals surface area contributed by atoms with E-state index in [1.165, 1.54) is 64.7 Å². The summed E-state index contributed by atoms with van der Waals surface area (Å²) in [6.07, 6.45) is 0. The van der Waals surface area contributed by atoms with Crippen molar-refractivity contribution in [3.63, 3.8) is 0 Å². The second kappa shape index (κ2) is 15.0. The third-order valence-electron chi connectivity index (χ3n) is 13.0. The highest BCUT2D eigenvalue weighted by Gasteiger charge is 2.40. The molecule has 296 valence electrons. The van der Waals surface area contributed by atoms with Crippen LogP contribution < -0.4 is 0 Å².